The molecule has 31 heavy (non-hydrogen) atoms. The SMILES string of the molecule is CCCCOC(=O)CC(OC(C)=O)(C(=O)OCCCC)C(CCC)C(=O)OCCCC. The highest BCUT2D eigenvalue weighted by molar-refractivity contribution is 5.93. The monoisotopic (exact) mass is 444 g/mol. The van der Waals surface area contributed by atoms with Crippen LogP contribution in [-0.4, -0.2) is 49.3 Å². The van der Waals surface area contributed by atoms with E-state index in [0.29, 0.717) is 25.7 Å². The summed E-state index contributed by atoms with van der Waals surface area (Å²) in [6.45, 7) is 9.24. The third-order valence-electron chi connectivity index (χ3n) is 4.74. The molecule has 2 unspecified atom stereocenters. The molecule has 2 atom stereocenters. The van der Waals surface area contributed by atoms with Crippen LogP contribution < -0.4 is 0 Å². The maximum absolute atomic E-state index is 13.2. The van der Waals surface area contributed by atoms with E-state index in [0.717, 1.165) is 26.2 Å². The molecule has 0 aliphatic heterocycles. The molecule has 0 amide bonds. The number of carbonyl (C=O) groups excluding carboxylic acids is 4. The maximum Gasteiger partial charge on any atom is 0.352 e. The van der Waals surface area contributed by atoms with Crippen molar-refractivity contribution >= 4 is 23.9 Å². The minimum Gasteiger partial charge on any atom is -0.466 e. The van der Waals surface area contributed by atoms with Crippen LogP contribution in [0.4, 0.5) is 0 Å². The molecule has 0 fully saturated rings. The molecule has 0 N–H and O–H groups in total. The Morgan fingerprint density at radius 3 is 1.74 bits per heavy atom. The summed E-state index contributed by atoms with van der Waals surface area (Å²) in [5, 5.41) is 0. The quantitative estimate of drug-likeness (QED) is 0.187. The summed E-state index contributed by atoms with van der Waals surface area (Å²) in [6.07, 6.45) is 4.43. The van der Waals surface area contributed by atoms with E-state index in [1.54, 1.807) is 0 Å². The Balaban J connectivity index is 6.04. The lowest BCUT2D eigenvalue weighted by atomic mass is 9.81. The number of carbonyl (C=O) groups is 4. The first-order chi connectivity index (χ1) is 14.8. The summed E-state index contributed by atoms with van der Waals surface area (Å²) in [5.74, 6) is -4.31. The van der Waals surface area contributed by atoms with Crippen molar-refractivity contribution in [2.45, 2.75) is 98.0 Å². The molecule has 0 bridgehead atoms. The predicted molar refractivity (Wildman–Crippen MR) is 115 cm³/mol. The molecule has 8 nitrogen and oxygen atoms in total. The van der Waals surface area contributed by atoms with E-state index < -0.39 is 41.8 Å². The molecule has 0 saturated heterocycles. The van der Waals surface area contributed by atoms with Crippen molar-refractivity contribution in [3.8, 4) is 0 Å². The van der Waals surface area contributed by atoms with Crippen molar-refractivity contribution < 1.29 is 38.1 Å². The van der Waals surface area contributed by atoms with Crippen LogP contribution >= 0.6 is 0 Å². The van der Waals surface area contributed by atoms with Crippen LogP contribution in [0.3, 0.4) is 0 Å². The minimum absolute atomic E-state index is 0.0902. The van der Waals surface area contributed by atoms with E-state index >= 15 is 0 Å². The lowest BCUT2D eigenvalue weighted by molar-refractivity contribution is -0.199. The largest absolute Gasteiger partial charge is 0.466 e. The van der Waals surface area contributed by atoms with Gasteiger partial charge in [-0.25, -0.2) is 4.79 Å². The lowest BCUT2D eigenvalue weighted by Crippen LogP contribution is -2.55. The molecular weight excluding hydrogens is 404 g/mol. The zero-order chi connectivity index (χ0) is 23.7. The number of ether oxygens (including phenoxy) is 4. The van der Waals surface area contributed by atoms with Crippen LogP contribution in [0, 0.1) is 5.92 Å². The molecule has 180 valence electrons. The summed E-state index contributed by atoms with van der Waals surface area (Å²) in [6, 6.07) is 0. The normalized spacial score (nSPS) is 13.6. The highest BCUT2D eigenvalue weighted by Crippen LogP contribution is 2.34. The maximum atomic E-state index is 13.2. The Bertz CT molecular complexity index is 560. The molecular formula is C23H40O8. The van der Waals surface area contributed by atoms with Gasteiger partial charge in [-0.2, -0.15) is 0 Å². The smallest absolute Gasteiger partial charge is 0.352 e. The van der Waals surface area contributed by atoms with Crippen molar-refractivity contribution in [2.24, 2.45) is 5.92 Å². The van der Waals surface area contributed by atoms with Crippen LogP contribution in [0.1, 0.15) is 92.4 Å². The second kappa shape index (κ2) is 16.6. The lowest BCUT2D eigenvalue weighted by Gasteiger charge is -2.35. The Morgan fingerprint density at radius 2 is 1.26 bits per heavy atom. The topological polar surface area (TPSA) is 105 Å². The van der Waals surface area contributed by atoms with Crippen molar-refractivity contribution in [2.75, 3.05) is 19.8 Å². The Kier molecular flexibility index (Phi) is 15.4. The Labute approximate surface area is 186 Å². The summed E-state index contributed by atoms with van der Waals surface area (Å²) in [7, 11) is 0. The van der Waals surface area contributed by atoms with Gasteiger partial charge in [0.2, 0.25) is 5.60 Å². The van der Waals surface area contributed by atoms with E-state index in [1.807, 2.05) is 27.7 Å². The van der Waals surface area contributed by atoms with Gasteiger partial charge in [0.05, 0.1) is 26.2 Å². The third-order valence-corrected chi connectivity index (χ3v) is 4.74. The van der Waals surface area contributed by atoms with E-state index in [4.69, 9.17) is 18.9 Å². The zero-order valence-corrected chi connectivity index (χ0v) is 19.8. The summed E-state index contributed by atoms with van der Waals surface area (Å²) >= 11 is 0. The molecule has 0 saturated carbocycles. The van der Waals surface area contributed by atoms with Crippen molar-refractivity contribution in [1.82, 2.24) is 0 Å². The van der Waals surface area contributed by atoms with Crippen LogP contribution in [0.2, 0.25) is 0 Å². The second-order valence-electron chi connectivity index (χ2n) is 7.59. The molecule has 0 heterocycles. The van der Waals surface area contributed by atoms with Crippen molar-refractivity contribution in [3.05, 3.63) is 0 Å². The van der Waals surface area contributed by atoms with Crippen molar-refractivity contribution in [1.29, 1.82) is 0 Å². The average Bonchev–Trinajstić information content (AvgIpc) is 2.71. The molecule has 0 aromatic rings. The first kappa shape index (κ1) is 28.9. The Morgan fingerprint density at radius 1 is 0.742 bits per heavy atom. The van der Waals surface area contributed by atoms with Gasteiger partial charge in [0, 0.05) is 6.92 Å². The van der Waals surface area contributed by atoms with Crippen LogP contribution in [0.15, 0.2) is 0 Å². The van der Waals surface area contributed by atoms with Gasteiger partial charge in [-0.1, -0.05) is 53.4 Å². The molecule has 0 spiro atoms. The number of hydrogen-bond donors (Lipinski definition) is 0. The summed E-state index contributed by atoms with van der Waals surface area (Å²) < 4.78 is 21.3. The first-order valence-electron chi connectivity index (χ1n) is 11.5. The van der Waals surface area contributed by atoms with Crippen LogP contribution in [0.5, 0.6) is 0 Å². The zero-order valence-electron chi connectivity index (χ0n) is 19.8. The number of rotatable bonds is 17. The van der Waals surface area contributed by atoms with Gasteiger partial charge in [0.15, 0.2) is 0 Å². The third kappa shape index (κ3) is 10.6. The van der Waals surface area contributed by atoms with Gasteiger partial charge in [0.25, 0.3) is 0 Å². The van der Waals surface area contributed by atoms with E-state index in [1.165, 1.54) is 0 Å². The number of esters is 4. The average molecular weight is 445 g/mol. The van der Waals surface area contributed by atoms with Gasteiger partial charge >= 0.3 is 23.9 Å². The van der Waals surface area contributed by atoms with Gasteiger partial charge < -0.3 is 18.9 Å². The molecule has 0 aromatic heterocycles. The molecule has 0 aliphatic rings. The van der Waals surface area contributed by atoms with Gasteiger partial charge in [-0.05, 0) is 25.7 Å². The first-order valence-corrected chi connectivity index (χ1v) is 11.5. The van der Waals surface area contributed by atoms with E-state index in [9.17, 15) is 19.2 Å². The minimum atomic E-state index is -2.12. The molecule has 0 radical (unpaired) electrons. The second-order valence-corrected chi connectivity index (χ2v) is 7.59. The molecule has 0 rings (SSSR count). The molecule has 0 aromatic carbocycles. The number of hydrogen-bond acceptors (Lipinski definition) is 8. The van der Waals surface area contributed by atoms with Crippen LogP contribution in [-0.2, 0) is 38.1 Å². The summed E-state index contributed by atoms with van der Waals surface area (Å²) in [5.41, 5.74) is -2.12. The van der Waals surface area contributed by atoms with E-state index in [2.05, 4.69) is 0 Å². The van der Waals surface area contributed by atoms with Crippen LogP contribution in [0.25, 0.3) is 0 Å². The van der Waals surface area contributed by atoms with Gasteiger partial charge in [-0.15, -0.1) is 0 Å². The fraction of sp³-hybridized carbons (Fsp3) is 0.826. The molecule has 8 heteroatoms. The fourth-order valence-corrected chi connectivity index (χ4v) is 3.02. The van der Waals surface area contributed by atoms with Gasteiger partial charge in [-0.3, -0.25) is 14.4 Å². The predicted octanol–water partition coefficient (Wildman–Crippen LogP) is 4.12. The fourth-order valence-electron chi connectivity index (χ4n) is 3.02. The van der Waals surface area contributed by atoms with E-state index in [-0.39, 0.29) is 26.2 Å². The standard InChI is InChI=1S/C23H40O8/c1-6-10-14-28-20(25)17-23(31-18(5)24,22(27)30-16-12-8-3)19(13-9-4)21(26)29-15-11-7-2/h19H,6-17H2,1-5H3. The highest BCUT2D eigenvalue weighted by Gasteiger charge is 2.56. The summed E-state index contributed by atoms with van der Waals surface area (Å²) in [4.78, 5) is 50.7. The number of unbranched alkanes of at least 4 members (excludes halogenated alkanes) is 3. The molecule has 0 aliphatic carbocycles. The Hall–Kier alpha value is -2.12. The van der Waals surface area contributed by atoms with Crippen molar-refractivity contribution in [3.63, 3.8) is 0 Å². The van der Waals surface area contributed by atoms with Gasteiger partial charge in [0.1, 0.15) is 5.92 Å². The highest BCUT2D eigenvalue weighted by atomic mass is 16.6.